The van der Waals surface area contributed by atoms with Gasteiger partial charge in [0.25, 0.3) is 0 Å². The number of hydrogen-bond acceptors (Lipinski definition) is 3. The smallest absolute Gasteiger partial charge is 0.178 e. The summed E-state index contributed by atoms with van der Waals surface area (Å²) in [6.45, 7) is 3.60. The van der Waals surface area contributed by atoms with Crippen LogP contribution in [0.5, 0.6) is 0 Å². The summed E-state index contributed by atoms with van der Waals surface area (Å²) >= 11 is 4.90. The number of nitrogens with zero attached hydrogens (tertiary/aromatic N) is 3. The van der Waals surface area contributed by atoms with Gasteiger partial charge >= 0.3 is 0 Å². The molecule has 0 saturated carbocycles. The van der Waals surface area contributed by atoms with Crippen LogP contribution in [0.1, 0.15) is 0 Å². The van der Waals surface area contributed by atoms with Crippen LogP contribution in [-0.4, -0.2) is 19.7 Å². The molecule has 0 bridgehead atoms. The van der Waals surface area contributed by atoms with Crippen LogP contribution in [0.15, 0.2) is 19.0 Å². The van der Waals surface area contributed by atoms with Crippen molar-refractivity contribution in [2.24, 2.45) is 0 Å². The Morgan fingerprint density at radius 1 is 1.58 bits per heavy atom. The van der Waals surface area contributed by atoms with Crippen LogP contribution in [0.2, 0.25) is 0 Å². The molecule has 0 spiro atoms. The van der Waals surface area contributed by atoms with Gasteiger partial charge < -0.3 is 4.98 Å². The maximum Gasteiger partial charge on any atom is 0.178 e. The molecule has 5 heteroatoms. The zero-order valence-corrected chi connectivity index (χ0v) is 7.01. The largest absolute Gasteiger partial charge is 0.341 e. The molecule has 0 aliphatic heterocycles. The molecule has 0 aliphatic rings. The van der Waals surface area contributed by atoms with E-state index in [4.69, 9.17) is 12.2 Å². The van der Waals surface area contributed by atoms with Gasteiger partial charge in [-0.3, -0.25) is 0 Å². The molecule has 2 aromatic rings. The lowest BCUT2D eigenvalue weighted by atomic mass is 10.5. The van der Waals surface area contributed by atoms with Crippen LogP contribution in [0, 0.1) is 4.64 Å². The second-order valence-corrected chi connectivity index (χ2v) is 2.70. The molecule has 0 aliphatic carbocycles. The first-order valence-corrected chi connectivity index (χ1v) is 3.77. The molecule has 0 saturated heterocycles. The molecule has 4 nitrogen and oxygen atoms in total. The van der Waals surface area contributed by atoms with Gasteiger partial charge in [-0.15, -0.1) is 0 Å². The summed E-state index contributed by atoms with van der Waals surface area (Å²) in [6, 6.07) is 0. The minimum Gasteiger partial charge on any atom is -0.341 e. The fourth-order valence-corrected chi connectivity index (χ4v) is 1.15. The monoisotopic (exact) mass is 178 g/mol. The molecule has 2 aromatic heterocycles. The Morgan fingerprint density at radius 3 is 3.17 bits per heavy atom. The molecular weight excluding hydrogens is 172 g/mol. The Hall–Kier alpha value is -1.49. The van der Waals surface area contributed by atoms with Crippen molar-refractivity contribution in [3.8, 4) is 0 Å². The van der Waals surface area contributed by atoms with E-state index in [1.54, 1.807) is 23.3 Å². The van der Waals surface area contributed by atoms with E-state index in [-0.39, 0.29) is 0 Å². The van der Waals surface area contributed by atoms with E-state index in [9.17, 15) is 0 Å². The highest BCUT2D eigenvalue weighted by Crippen LogP contribution is 2.06. The molecule has 1 N–H and O–H groups in total. The quantitative estimate of drug-likeness (QED) is 0.674. The van der Waals surface area contributed by atoms with Crippen LogP contribution < -0.4 is 0 Å². The van der Waals surface area contributed by atoms with Gasteiger partial charge in [0.1, 0.15) is 10.2 Å². The maximum absolute atomic E-state index is 4.90. The summed E-state index contributed by atoms with van der Waals surface area (Å²) in [7, 11) is 0. The van der Waals surface area contributed by atoms with Gasteiger partial charge in [0.2, 0.25) is 0 Å². The lowest BCUT2D eigenvalue weighted by molar-refractivity contribution is 0.951. The molecule has 60 valence electrons. The van der Waals surface area contributed by atoms with Gasteiger partial charge in [-0.1, -0.05) is 18.8 Å². The third-order valence-electron chi connectivity index (χ3n) is 1.50. The number of fused-ring (bicyclic) bond motifs is 1. The van der Waals surface area contributed by atoms with E-state index in [0.29, 0.717) is 4.64 Å². The predicted octanol–water partition coefficient (Wildman–Crippen LogP) is 1.59. The summed E-state index contributed by atoms with van der Waals surface area (Å²) in [5.74, 6) is 0. The summed E-state index contributed by atoms with van der Waals surface area (Å²) in [4.78, 5) is 7.07. The molecule has 0 unspecified atom stereocenters. The zero-order chi connectivity index (χ0) is 8.55. The molecule has 0 fully saturated rings. The normalized spacial score (nSPS) is 10.3. The van der Waals surface area contributed by atoms with E-state index in [1.807, 2.05) is 0 Å². The van der Waals surface area contributed by atoms with Crippen molar-refractivity contribution < 1.29 is 0 Å². The van der Waals surface area contributed by atoms with Gasteiger partial charge in [-0.25, -0.2) is 9.67 Å². The molecule has 2 rings (SSSR count). The number of rotatable bonds is 1. The van der Waals surface area contributed by atoms with Crippen molar-refractivity contribution in [1.29, 1.82) is 0 Å². The minimum absolute atomic E-state index is 0.603. The Balaban J connectivity index is 2.90. The lowest BCUT2D eigenvalue weighted by Gasteiger charge is -1.91. The highest BCUT2D eigenvalue weighted by molar-refractivity contribution is 7.71. The first kappa shape index (κ1) is 7.17. The average Bonchev–Trinajstić information content (AvgIpc) is 2.46. The average molecular weight is 178 g/mol. The van der Waals surface area contributed by atoms with Crippen LogP contribution in [0.3, 0.4) is 0 Å². The molecule has 0 atom stereocenters. The SMILES string of the molecule is C=Cn1ncc2[nH]c(=S)cnc21. The Bertz CT molecular complexity index is 481. The fourth-order valence-electron chi connectivity index (χ4n) is 0.991. The van der Waals surface area contributed by atoms with Gasteiger partial charge in [0.15, 0.2) is 5.65 Å². The first-order valence-electron chi connectivity index (χ1n) is 3.36. The van der Waals surface area contributed by atoms with Gasteiger partial charge in [-0.2, -0.15) is 5.10 Å². The van der Waals surface area contributed by atoms with Crippen molar-refractivity contribution in [1.82, 2.24) is 19.7 Å². The van der Waals surface area contributed by atoms with Gasteiger partial charge in [0, 0.05) is 6.20 Å². The summed E-state index contributed by atoms with van der Waals surface area (Å²) in [5.41, 5.74) is 1.56. The maximum atomic E-state index is 4.90. The first-order chi connectivity index (χ1) is 5.81. The number of hydrogen-bond donors (Lipinski definition) is 1. The van der Waals surface area contributed by atoms with Gasteiger partial charge in [0.05, 0.1) is 12.4 Å². The molecule has 0 aromatic carbocycles. The fraction of sp³-hybridized carbons (Fsp3) is 0. The Labute approximate surface area is 73.6 Å². The van der Waals surface area contributed by atoms with Crippen molar-refractivity contribution >= 4 is 29.6 Å². The lowest BCUT2D eigenvalue weighted by Crippen LogP contribution is -1.89. The van der Waals surface area contributed by atoms with Gasteiger partial charge in [-0.05, 0) is 0 Å². The summed E-state index contributed by atoms with van der Waals surface area (Å²) in [6.07, 6.45) is 4.84. The van der Waals surface area contributed by atoms with Crippen LogP contribution in [0.25, 0.3) is 17.4 Å². The van der Waals surface area contributed by atoms with Crippen molar-refractivity contribution in [2.45, 2.75) is 0 Å². The molecule has 2 heterocycles. The minimum atomic E-state index is 0.603. The molecular formula is C7H6N4S. The Morgan fingerprint density at radius 2 is 2.42 bits per heavy atom. The van der Waals surface area contributed by atoms with Crippen molar-refractivity contribution in [3.63, 3.8) is 0 Å². The third-order valence-corrected chi connectivity index (χ3v) is 1.71. The Kier molecular flexibility index (Phi) is 1.51. The highest BCUT2D eigenvalue weighted by Gasteiger charge is 1.99. The number of aromatic amines is 1. The standard InChI is InChI=1S/C7H6N4S/c1-2-11-7-5(3-9-11)10-6(12)4-8-7/h2-4H,1H2,(H,10,12). The second-order valence-electron chi connectivity index (χ2n) is 2.26. The summed E-state index contributed by atoms with van der Waals surface area (Å²) in [5, 5.41) is 4.01. The number of nitrogens with one attached hydrogen (secondary N) is 1. The second kappa shape index (κ2) is 2.53. The number of H-pyrrole nitrogens is 1. The van der Waals surface area contributed by atoms with Crippen molar-refractivity contribution in [2.75, 3.05) is 0 Å². The molecule has 0 radical (unpaired) electrons. The topological polar surface area (TPSA) is 46.5 Å². The van der Waals surface area contributed by atoms with E-state index in [1.165, 1.54) is 0 Å². The molecule has 0 amide bonds. The number of aromatic nitrogens is 4. The van der Waals surface area contributed by atoms with Crippen LogP contribution in [0.4, 0.5) is 0 Å². The van der Waals surface area contributed by atoms with E-state index in [0.717, 1.165) is 11.2 Å². The van der Waals surface area contributed by atoms with Crippen LogP contribution in [-0.2, 0) is 0 Å². The summed E-state index contributed by atoms with van der Waals surface area (Å²) < 4.78 is 2.19. The van der Waals surface area contributed by atoms with E-state index >= 15 is 0 Å². The van der Waals surface area contributed by atoms with Crippen molar-refractivity contribution in [3.05, 3.63) is 23.6 Å². The highest BCUT2D eigenvalue weighted by atomic mass is 32.1. The van der Waals surface area contributed by atoms with E-state index in [2.05, 4.69) is 21.6 Å². The zero-order valence-electron chi connectivity index (χ0n) is 6.19. The third kappa shape index (κ3) is 0.947. The predicted molar refractivity (Wildman–Crippen MR) is 49.1 cm³/mol. The van der Waals surface area contributed by atoms with Crippen LogP contribution >= 0.6 is 12.2 Å². The molecule has 12 heavy (non-hydrogen) atoms. The van der Waals surface area contributed by atoms with E-state index < -0.39 is 0 Å².